The van der Waals surface area contributed by atoms with Crippen LogP contribution in [0.3, 0.4) is 0 Å². The number of hydrogen-bond donors (Lipinski definition) is 3. The highest BCUT2D eigenvalue weighted by Gasteiger charge is 2.45. The van der Waals surface area contributed by atoms with E-state index in [0.29, 0.717) is 23.4 Å². The topological polar surface area (TPSA) is 106 Å². The quantitative estimate of drug-likeness (QED) is 0.761. The number of fused-ring (bicyclic) bond motifs is 1. The normalized spacial score (nSPS) is 29.3. The third-order valence-corrected chi connectivity index (χ3v) is 3.98. The van der Waals surface area contributed by atoms with Gasteiger partial charge in [0, 0.05) is 0 Å². The van der Waals surface area contributed by atoms with Crippen LogP contribution in [-0.2, 0) is 4.74 Å². The number of rotatable bonds is 2. The van der Waals surface area contributed by atoms with Crippen molar-refractivity contribution in [2.45, 2.75) is 51.6 Å². The van der Waals surface area contributed by atoms with E-state index in [1.807, 2.05) is 0 Å². The maximum atomic E-state index is 10.4. The van der Waals surface area contributed by atoms with Crippen molar-refractivity contribution in [3.8, 4) is 0 Å². The Morgan fingerprint density at radius 3 is 2.68 bits per heavy atom. The van der Waals surface area contributed by atoms with Crippen LogP contribution >= 0.6 is 0 Å². The summed E-state index contributed by atoms with van der Waals surface area (Å²) in [5.41, 5.74) is 7.12. The molecule has 1 saturated heterocycles. The summed E-state index contributed by atoms with van der Waals surface area (Å²) >= 11 is 0. The van der Waals surface area contributed by atoms with Crippen molar-refractivity contribution in [3.05, 3.63) is 24.2 Å². The Balaban J connectivity index is 1.93. The Morgan fingerprint density at radius 2 is 2.00 bits per heavy atom. The molecule has 0 bridgehead atoms. The van der Waals surface area contributed by atoms with Gasteiger partial charge in [0.2, 0.25) is 0 Å². The van der Waals surface area contributed by atoms with E-state index in [4.69, 9.17) is 10.5 Å². The Labute approximate surface area is 128 Å². The van der Waals surface area contributed by atoms with Gasteiger partial charge >= 0.3 is 0 Å². The minimum absolute atomic E-state index is 0.00587. The molecular formula is C15H22N4O3. The summed E-state index contributed by atoms with van der Waals surface area (Å²) in [6.45, 7) is 6.22. The van der Waals surface area contributed by atoms with Crippen LogP contribution < -0.4 is 5.73 Å². The second kappa shape index (κ2) is 5.19. The molecule has 4 atom stereocenters. The van der Waals surface area contributed by atoms with Gasteiger partial charge in [0.05, 0.1) is 11.8 Å². The van der Waals surface area contributed by atoms with Crippen LogP contribution in [0, 0.1) is 5.41 Å². The second-order valence-electron chi connectivity index (χ2n) is 7.04. The van der Waals surface area contributed by atoms with Crippen LogP contribution in [0.4, 0.5) is 5.82 Å². The molecular weight excluding hydrogens is 284 g/mol. The highest BCUT2D eigenvalue weighted by Crippen LogP contribution is 2.38. The molecule has 22 heavy (non-hydrogen) atoms. The molecule has 1 aliphatic rings. The third-order valence-electron chi connectivity index (χ3n) is 3.98. The molecule has 0 saturated carbocycles. The van der Waals surface area contributed by atoms with Gasteiger partial charge < -0.3 is 20.7 Å². The molecule has 0 spiro atoms. The first kappa shape index (κ1) is 15.2. The van der Waals surface area contributed by atoms with Crippen LogP contribution in [0.5, 0.6) is 0 Å². The lowest BCUT2D eigenvalue weighted by Crippen LogP contribution is -2.33. The van der Waals surface area contributed by atoms with E-state index in [9.17, 15) is 10.2 Å². The number of hydrogen-bond acceptors (Lipinski definition) is 6. The summed E-state index contributed by atoms with van der Waals surface area (Å²) in [5, 5.41) is 24.8. The smallest absolute Gasteiger partial charge is 0.151 e. The van der Waals surface area contributed by atoms with Gasteiger partial charge in [0.15, 0.2) is 5.82 Å². The average Bonchev–Trinajstić information content (AvgIpc) is 2.95. The fraction of sp³-hybridized carbons (Fsp3) is 0.600. The van der Waals surface area contributed by atoms with E-state index in [0.717, 1.165) is 0 Å². The molecule has 120 valence electrons. The van der Waals surface area contributed by atoms with Gasteiger partial charge in [-0.15, -0.1) is 0 Å². The highest BCUT2D eigenvalue weighted by atomic mass is 16.5. The largest absolute Gasteiger partial charge is 0.388 e. The van der Waals surface area contributed by atoms with E-state index in [1.54, 1.807) is 16.6 Å². The first-order valence-corrected chi connectivity index (χ1v) is 7.37. The van der Waals surface area contributed by atoms with Crippen LogP contribution in [0.1, 0.15) is 39.0 Å². The summed E-state index contributed by atoms with van der Waals surface area (Å²) in [6, 6.07) is 3.57. The standard InChI is InChI=1S/C15H22N4O3/c1-15(2,3)6-10-11(20)12(21)13(22-10)8-4-5-9-14(16)17-7-18-19(8)9/h4-5,7,10-13,20-21H,6H2,1-3H3,(H2,16,17,18)/t10-,11-,12-,13+/m1/s1. The molecule has 2 aromatic rings. The molecule has 3 heterocycles. The molecule has 0 aliphatic carbocycles. The zero-order valence-electron chi connectivity index (χ0n) is 13.0. The Kier molecular flexibility index (Phi) is 3.58. The number of anilines is 1. The minimum atomic E-state index is -0.998. The molecule has 7 heteroatoms. The number of nitrogen functional groups attached to an aromatic ring is 1. The van der Waals surface area contributed by atoms with E-state index in [1.165, 1.54) is 6.33 Å². The van der Waals surface area contributed by atoms with Gasteiger partial charge in [0.1, 0.15) is 30.2 Å². The van der Waals surface area contributed by atoms with Gasteiger partial charge in [-0.3, -0.25) is 0 Å². The fourth-order valence-corrected chi connectivity index (χ4v) is 2.95. The highest BCUT2D eigenvalue weighted by molar-refractivity contribution is 5.65. The van der Waals surface area contributed by atoms with Crippen molar-refractivity contribution in [3.63, 3.8) is 0 Å². The maximum Gasteiger partial charge on any atom is 0.151 e. The number of aliphatic hydroxyl groups is 2. The Bertz CT molecular complexity index is 679. The van der Waals surface area contributed by atoms with E-state index in [-0.39, 0.29) is 5.41 Å². The SMILES string of the molecule is CC(C)(C)C[C@H]1O[C@@H](c2ccc3c(N)ncnn23)[C@H](O)[C@@H]1O. The lowest BCUT2D eigenvalue weighted by Gasteiger charge is -2.24. The molecule has 0 radical (unpaired) electrons. The van der Waals surface area contributed by atoms with Gasteiger partial charge in [0.25, 0.3) is 0 Å². The second-order valence-corrected chi connectivity index (χ2v) is 7.04. The number of nitrogens with two attached hydrogens (primary N) is 1. The lowest BCUT2D eigenvalue weighted by molar-refractivity contribution is -0.0153. The van der Waals surface area contributed by atoms with Gasteiger partial charge in [-0.25, -0.2) is 9.50 Å². The number of nitrogens with zero attached hydrogens (tertiary/aromatic N) is 3. The third kappa shape index (κ3) is 2.55. The van der Waals surface area contributed by atoms with E-state index in [2.05, 4.69) is 30.9 Å². The predicted molar refractivity (Wildman–Crippen MR) is 81.1 cm³/mol. The van der Waals surface area contributed by atoms with Crippen molar-refractivity contribution in [2.24, 2.45) is 5.41 Å². The lowest BCUT2D eigenvalue weighted by atomic mass is 9.87. The van der Waals surface area contributed by atoms with Crippen LogP contribution in [-0.4, -0.2) is 43.1 Å². The van der Waals surface area contributed by atoms with Crippen molar-refractivity contribution in [1.82, 2.24) is 14.6 Å². The number of aromatic nitrogens is 3. The summed E-state index contributed by atoms with van der Waals surface area (Å²) in [5.74, 6) is 0.362. The molecule has 2 aromatic heterocycles. The maximum absolute atomic E-state index is 10.4. The van der Waals surface area contributed by atoms with Crippen molar-refractivity contribution >= 4 is 11.3 Å². The Morgan fingerprint density at radius 1 is 1.27 bits per heavy atom. The van der Waals surface area contributed by atoms with E-state index >= 15 is 0 Å². The molecule has 1 fully saturated rings. The summed E-state index contributed by atoms with van der Waals surface area (Å²) in [6.07, 6.45) is -0.960. The van der Waals surface area contributed by atoms with Crippen LogP contribution in [0.15, 0.2) is 18.5 Å². The van der Waals surface area contributed by atoms with Crippen LogP contribution in [0.25, 0.3) is 5.52 Å². The van der Waals surface area contributed by atoms with Crippen molar-refractivity contribution < 1.29 is 14.9 Å². The summed E-state index contributed by atoms with van der Waals surface area (Å²) < 4.78 is 7.53. The number of aliphatic hydroxyl groups excluding tert-OH is 2. The average molecular weight is 306 g/mol. The van der Waals surface area contributed by atoms with Crippen molar-refractivity contribution in [1.29, 1.82) is 0 Å². The van der Waals surface area contributed by atoms with Gasteiger partial charge in [-0.2, -0.15) is 5.10 Å². The zero-order valence-corrected chi connectivity index (χ0v) is 13.0. The van der Waals surface area contributed by atoms with Crippen molar-refractivity contribution in [2.75, 3.05) is 5.73 Å². The predicted octanol–water partition coefficient (Wildman–Crippen LogP) is 0.909. The molecule has 1 aliphatic heterocycles. The monoisotopic (exact) mass is 306 g/mol. The molecule has 7 nitrogen and oxygen atoms in total. The first-order chi connectivity index (χ1) is 10.3. The van der Waals surface area contributed by atoms with E-state index < -0.39 is 24.4 Å². The van der Waals surface area contributed by atoms with Gasteiger partial charge in [-0.1, -0.05) is 20.8 Å². The minimum Gasteiger partial charge on any atom is -0.388 e. The molecule has 3 rings (SSSR count). The van der Waals surface area contributed by atoms with Gasteiger partial charge in [-0.05, 0) is 24.0 Å². The molecule has 0 amide bonds. The molecule has 0 aromatic carbocycles. The summed E-state index contributed by atoms with van der Waals surface area (Å²) in [7, 11) is 0. The zero-order chi connectivity index (χ0) is 16.1. The molecule has 4 N–H and O–H groups in total. The Hall–Kier alpha value is -1.70. The number of ether oxygens (including phenoxy) is 1. The molecule has 0 unspecified atom stereocenters. The first-order valence-electron chi connectivity index (χ1n) is 7.37. The summed E-state index contributed by atoms with van der Waals surface area (Å²) in [4.78, 5) is 3.94. The van der Waals surface area contributed by atoms with Crippen LogP contribution in [0.2, 0.25) is 0 Å². The fourth-order valence-electron chi connectivity index (χ4n) is 2.95.